The number of carbonyl (C=O) groups is 1. The van der Waals surface area contributed by atoms with Gasteiger partial charge in [0, 0.05) is 6.42 Å². The van der Waals surface area contributed by atoms with Crippen LogP contribution in [0.3, 0.4) is 0 Å². The highest BCUT2D eigenvalue weighted by atomic mass is 16.4. The van der Waals surface area contributed by atoms with Gasteiger partial charge in [-0.05, 0) is 69.6 Å². The topological polar surface area (TPSA) is 77.8 Å². The number of aliphatic carboxylic acids is 1. The molecule has 4 heteroatoms. The highest BCUT2D eigenvalue weighted by Gasteiger charge is 2.39. The van der Waals surface area contributed by atoms with Crippen molar-refractivity contribution in [1.82, 2.24) is 0 Å². The molecule has 0 aromatic heterocycles. The van der Waals surface area contributed by atoms with Crippen molar-refractivity contribution in [3.05, 3.63) is 12.2 Å². The van der Waals surface area contributed by atoms with E-state index in [0.29, 0.717) is 18.3 Å². The number of unbranched alkanes of at least 4 members (excludes halogenated alkanes) is 3. The van der Waals surface area contributed by atoms with E-state index < -0.39 is 11.6 Å². The van der Waals surface area contributed by atoms with Crippen molar-refractivity contribution in [2.45, 2.75) is 103 Å². The minimum Gasteiger partial charge on any atom is -0.481 e. The molecule has 4 nitrogen and oxygen atoms in total. The molecule has 1 rings (SSSR count). The zero-order chi connectivity index (χ0) is 19.6. The monoisotopic (exact) mass is 368 g/mol. The van der Waals surface area contributed by atoms with E-state index in [1.807, 2.05) is 6.92 Å². The maximum Gasteiger partial charge on any atom is 0.303 e. The molecule has 0 radical (unpaired) electrons. The minimum absolute atomic E-state index is 0.211. The largest absolute Gasteiger partial charge is 0.481 e. The van der Waals surface area contributed by atoms with Crippen LogP contribution < -0.4 is 0 Å². The van der Waals surface area contributed by atoms with Gasteiger partial charge in [-0.3, -0.25) is 4.79 Å². The Hall–Kier alpha value is -0.870. The summed E-state index contributed by atoms with van der Waals surface area (Å²) in [6.45, 7) is 6.36. The third-order valence-electron chi connectivity index (χ3n) is 5.99. The molecule has 1 saturated carbocycles. The third-order valence-corrected chi connectivity index (χ3v) is 5.99. The lowest BCUT2D eigenvalue weighted by atomic mass is 9.76. The van der Waals surface area contributed by atoms with Gasteiger partial charge in [-0.15, -0.1) is 0 Å². The highest BCUT2D eigenvalue weighted by Crippen LogP contribution is 2.42. The molecule has 0 amide bonds. The minimum atomic E-state index is -0.746. The summed E-state index contributed by atoms with van der Waals surface area (Å²) in [5, 5.41) is 29.8. The number of carboxylic acids is 1. The van der Waals surface area contributed by atoms with Crippen molar-refractivity contribution in [3.8, 4) is 0 Å². The number of aliphatic hydroxyl groups is 2. The van der Waals surface area contributed by atoms with Crippen LogP contribution in [0, 0.1) is 17.8 Å². The number of aliphatic hydroxyl groups excluding tert-OH is 1. The smallest absolute Gasteiger partial charge is 0.303 e. The van der Waals surface area contributed by atoms with Gasteiger partial charge in [0.25, 0.3) is 0 Å². The van der Waals surface area contributed by atoms with Crippen LogP contribution in [0.5, 0.6) is 0 Å². The van der Waals surface area contributed by atoms with Crippen LogP contribution in [0.1, 0.15) is 91.4 Å². The van der Waals surface area contributed by atoms with Crippen molar-refractivity contribution in [1.29, 1.82) is 0 Å². The summed E-state index contributed by atoms with van der Waals surface area (Å²) in [6.07, 6.45) is 13.4. The van der Waals surface area contributed by atoms with E-state index in [4.69, 9.17) is 5.11 Å². The summed E-state index contributed by atoms with van der Waals surface area (Å²) in [4.78, 5) is 10.5. The Morgan fingerprint density at radius 1 is 1.23 bits per heavy atom. The summed E-state index contributed by atoms with van der Waals surface area (Å²) in [7, 11) is 0. The molecule has 0 heterocycles. The van der Waals surface area contributed by atoms with Crippen LogP contribution in [-0.2, 0) is 4.79 Å². The van der Waals surface area contributed by atoms with E-state index in [1.165, 1.54) is 12.8 Å². The van der Waals surface area contributed by atoms with Crippen molar-refractivity contribution in [2.75, 3.05) is 0 Å². The molecule has 0 bridgehead atoms. The van der Waals surface area contributed by atoms with Gasteiger partial charge in [-0.2, -0.15) is 0 Å². The van der Waals surface area contributed by atoms with Gasteiger partial charge in [-0.1, -0.05) is 45.3 Å². The number of hydrogen-bond acceptors (Lipinski definition) is 3. The first-order valence-electron chi connectivity index (χ1n) is 10.5. The second-order valence-electron chi connectivity index (χ2n) is 8.60. The van der Waals surface area contributed by atoms with Crippen molar-refractivity contribution in [3.63, 3.8) is 0 Å². The maximum atomic E-state index is 10.7. The third kappa shape index (κ3) is 8.68. The molecule has 0 aliphatic heterocycles. The van der Waals surface area contributed by atoms with Gasteiger partial charge < -0.3 is 15.3 Å². The van der Waals surface area contributed by atoms with E-state index in [2.05, 4.69) is 26.0 Å². The van der Waals surface area contributed by atoms with Crippen molar-refractivity contribution >= 4 is 5.97 Å². The molecular weight excluding hydrogens is 328 g/mol. The summed E-state index contributed by atoms with van der Waals surface area (Å²) >= 11 is 0. The number of hydrogen-bond donors (Lipinski definition) is 3. The zero-order valence-electron chi connectivity index (χ0n) is 17.0. The van der Waals surface area contributed by atoms with E-state index in [9.17, 15) is 15.0 Å². The summed E-state index contributed by atoms with van der Waals surface area (Å²) in [5.74, 6) is 0.358. The first-order valence-corrected chi connectivity index (χ1v) is 10.5. The lowest BCUT2D eigenvalue weighted by molar-refractivity contribution is -0.137. The Balaban J connectivity index is 2.47. The lowest BCUT2D eigenvalue weighted by Crippen LogP contribution is -2.31. The fraction of sp³-hybridized carbons (Fsp3) is 0.864. The molecule has 3 N–H and O–H groups in total. The number of rotatable bonds is 13. The Labute approximate surface area is 159 Å². The van der Waals surface area contributed by atoms with Gasteiger partial charge >= 0.3 is 5.97 Å². The molecule has 1 fully saturated rings. The zero-order valence-corrected chi connectivity index (χ0v) is 17.0. The summed E-state index contributed by atoms with van der Waals surface area (Å²) in [5.41, 5.74) is -0.612. The molecule has 0 spiro atoms. The molecule has 0 aromatic carbocycles. The van der Waals surface area contributed by atoms with Gasteiger partial charge in [0.2, 0.25) is 0 Å². The molecule has 1 aliphatic rings. The lowest BCUT2D eigenvalue weighted by Gasteiger charge is -2.33. The van der Waals surface area contributed by atoms with E-state index in [1.54, 1.807) is 0 Å². The molecule has 0 aromatic rings. The number of carboxylic acid groups (broad SMARTS) is 1. The van der Waals surface area contributed by atoms with Crippen LogP contribution in [0.4, 0.5) is 0 Å². The second kappa shape index (κ2) is 11.8. The van der Waals surface area contributed by atoms with Crippen LogP contribution in [0.15, 0.2) is 12.2 Å². The Kier molecular flexibility index (Phi) is 10.5. The Morgan fingerprint density at radius 3 is 2.62 bits per heavy atom. The SMILES string of the molecule is CCCCC[C@](C)(O)CC(C)[C@H]1CC[C@H](O)[C@@H]1C/C=C\CCCC(=O)O. The maximum absolute atomic E-state index is 10.7. The Morgan fingerprint density at radius 2 is 1.96 bits per heavy atom. The van der Waals surface area contributed by atoms with Crippen LogP contribution in [0.25, 0.3) is 0 Å². The second-order valence-corrected chi connectivity index (χ2v) is 8.60. The standard InChI is InChI=1S/C22H40O4/c1-4-5-10-15-22(3,26)16-17(2)18-13-14-20(23)19(18)11-8-6-7-9-12-21(24)25/h6,8,17-20,23,26H,4-5,7,9-16H2,1-3H3,(H,24,25)/b8-6-/t17?,18-,19-,20+,22+/m1/s1. The van der Waals surface area contributed by atoms with Crippen LogP contribution in [-0.4, -0.2) is 33.0 Å². The quantitative estimate of drug-likeness (QED) is 0.318. The van der Waals surface area contributed by atoms with E-state index >= 15 is 0 Å². The van der Waals surface area contributed by atoms with Crippen molar-refractivity contribution in [2.24, 2.45) is 17.8 Å². The first-order chi connectivity index (χ1) is 12.3. The molecule has 1 unspecified atom stereocenters. The van der Waals surface area contributed by atoms with Crippen molar-refractivity contribution < 1.29 is 20.1 Å². The number of allylic oxidation sites excluding steroid dienone is 2. The van der Waals surface area contributed by atoms with Gasteiger partial charge in [-0.25, -0.2) is 0 Å². The van der Waals surface area contributed by atoms with Gasteiger partial charge in [0.05, 0.1) is 11.7 Å². The van der Waals surface area contributed by atoms with E-state index in [-0.39, 0.29) is 18.4 Å². The molecular formula is C22H40O4. The van der Waals surface area contributed by atoms with E-state index in [0.717, 1.165) is 44.9 Å². The average molecular weight is 369 g/mol. The van der Waals surface area contributed by atoms with Gasteiger partial charge in [0.15, 0.2) is 0 Å². The van der Waals surface area contributed by atoms with Crippen LogP contribution >= 0.6 is 0 Å². The first kappa shape index (κ1) is 23.2. The summed E-state index contributed by atoms with van der Waals surface area (Å²) < 4.78 is 0. The molecule has 152 valence electrons. The molecule has 26 heavy (non-hydrogen) atoms. The average Bonchev–Trinajstić information content (AvgIpc) is 2.91. The fourth-order valence-corrected chi connectivity index (χ4v) is 4.56. The van der Waals surface area contributed by atoms with Crippen LogP contribution in [0.2, 0.25) is 0 Å². The molecule has 5 atom stereocenters. The predicted molar refractivity (Wildman–Crippen MR) is 106 cm³/mol. The fourth-order valence-electron chi connectivity index (χ4n) is 4.56. The molecule has 0 saturated heterocycles. The highest BCUT2D eigenvalue weighted by molar-refractivity contribution is 5.66. The normalized spacial score (nSPS) is 26.9. The Bertz CT molecular complexity index is 430. The molecule has 1 aliphatic carbocycles. The van der Waals surface area contributed by atoms with Gasteiger partial charge in [0.1, 0.15) is 0 Å². The summed E-state index contributed by atoms with van der Waals surface area (Å²) in [6, 6.07) is 0. The predicted octanol–water partition coefficient (Wildman–Crippen LogP) is 4.93.